The van der Waals surface area contributed by atoms with Gasteiger partial charge < -0.3 is 19.5 Å². The number of ether oxygens (including phenoxy) is 2. The number of likely N-dealkylation sites (tertiary alicyclic amines) is 1. The molecule has 138 valence electrons. The molecule has 2 rings (SSSR count). The molecule has 0 spiro atoms. The fraction of sp³-hybridized carbons (Fsp3) is 0.579. The Morgan fingerprint density at radius 2 is 1.92 bits per heavy atom. The standard InChI is InChI=1S/C19H27NO5/c1-12(9-14-6-8-16(24-3)17(10-14)25-4)18(21)20-11-15(19(22)23)7-5-13(20)2/h6,8,10,12-13,15H,5,7,9,11H2,1-4H3,(H,22,23). The summed E-state index contributed by atoms with van der Waals surface area (Å²) in [5.74, 6) is -0.219. The molecular formula is C19H27NO5. The Morgan fingerprint density at radius 3 is 2.52 bits per heavy atom. The monoisotopic (exact) mass is 349 g/mol. The topological polar surface area (TPSA) is 76.1 Å². The van der Waals surface area contributed by atoms with E-state index in [0.29, 0.717) is 30.9 Å². The highest BCUT2D eigenvalue weighted by Crippen LogP contribution is 2.29. The summed E-state index contributed by atoms with van der Waals surface area (Å²) in [6.45, 7) is 4.17. The van der Waals surface area contributed by atoms with Gasteiger partial charge in [0.05, 0.1) is 20.1 Å². The minimum Gasteiger partial charge on any atom is -0.493 e. The molecule has 25 heavy (non-hydrogen) atoms. The van der Waals surface area contributed by atoms with Gasteiger partial charge in [-0.2, -0.15) is 0 Å². The summed E-state index contributed by atoms with van der Waals surface area (Å²) < 4.78 is 10.5. The van der Waals surface area contributed by atoms with Gasteiger partial charge in [0.15, 0.2) is 11.5 Å². The highest BCUT2D eigenvalue weighted by molar-refractivity contribution is 5.80. The van der Waals surface area contributed by atoms with Gasteiger partial charge in [-0.05, 0) is 43.9 Å². The van der Waals surface area contributed by atoms with E-state index in [4.69, 9.17) is 9.47 Å². The number of hydrogen-bond acceptors (Lipinski definition) is 4. The van der Waals surface area contributed by atoms with Crippen molar-refractivity contribution in [3.8, 4) is 11.5 Å². The number of piperidine rings is 1. The molecule has 1 fully saturated rings. The Morgan fingerprint density at radius 1 is 1.24 bits per heavy atom. The van der Waals surface area contributed by atoms with Gasteiger partial charge in [-0.25, -0.2) is 0 Å². The maximum Gasteiger partial charge on any atom is 0.308 e. The van der Waals surface area contributed by atoms with Crippen molar-refractivity contribution >= 4 is 11.9 Å². The smallest absolute Gasteiger partial charge is 0.308 e. The van der Waals surface area contributed by atoms with Crippen molar-refractivity contribution in [1.29, 1.82) is 0 Å². The van der Waals surface area contributed by atoms with E-state index in [0.717, 1.165) is 12.0 Å². The Balaban J connectivity index is 2.07. The molecule has 6 nitrogen and oxygen atoms in total. The zero-order valence-corrected chi connectivity index (χ0v) is 15.3. The van der Waals surface area contributed by atoms with E-state index in [1.54, 1.807) is 19.1 Å². The molecule has 1 N–H and O–H groups in total. The summed E-state index contributed by atoms with van der Waals surface area (Å²) in [4.78, 5) is 25.8. The number of amides is 1. The highest BCUT2D eigenvalue weighted by Gasteiger charge is 2.34. The molecule has 0 saturated carbocycles. The molecule has 0 bridgehead atoms. The number of methoxy groups -OCH3 is 2. The van der Waals surface area contributed by atoms with Gasteiger partial charge in [-0.15, -0.1) is 0 Å². The minimum absolute atomic E-state index is 0.00762. The number of carboxylic acids is 1. The fourth-order valence-electron chi connectivity index (χ4n) is 3.35. The summed E-state index contributed by atoms with van der Waals surface area (Å²) in [5.41, 5.74) is 0.984. The molecule has 0 radical (unpaired) electrons. The van der Waals surface area contributed by atoms with Crippen LogP contribution in [0.25, 0.3) is 0 Å². The number of benzene rings is 1. The third-order valence-corrected chi connectivity index (χ3v) is 4.93. The van der Waals surface area contributed by atoms with Crippen LogP contribution in [0.5, 0.6) is 11.5 Å². The molecule has 1 heterocycles. The van der Waals surface area contributed by atoms with Crippen molar-refractivity contribution < 1.29 is 24.2 Å². The lowest BCUT2D eigenvalue weighted by atomic mass is 9.91. The van der Waals surface area contributed by atoms with Gasteiger partial charge in [0.25, 0.3) is 0 Å². The van der Waals surface area contributed by atoms with E-state index in [-0.39, 0.29) is 17.9 Å². The van der Waals surface area contributed by atoms with Crippen LogP contribution in [0.1, 0.15) is 32.3 Å². The Hall–Kier alpha value is -2.24. The normalized spacial score (nSPS) is 21.5. The molecule has 1 amide bonds. The third kappa shape index (κ3) is 4.44. The molecule has 1 aromatic carbocycles. The fourth-order valence-corrected chi connectivity index (χ4v) is 3.35. The molecule has 3 unspecified atom stereocenters. The van der Waals surface area contributed by atoms with Crippen molar-refractivity contribution in [1.82, 2.24) is 4.90 Å². The second kappa shape index (κ2) is 8.23. The van der Waals surface area contributed by atoms with Crippen LogP contribution in [0.3, 0.4) is 0 Å². The highest BCUT2D eigenvalue weighted by atomic mass is 16.5. The predicted molar refractivity (Wildman–Crippen MR) is 93.9 cm³/mol. The number of carbonyl (C=O) groups is 2. The summed E-state index contributed by atoms with van der Waals surface area (Å²) in [5, 5.41) is 9.24. The van der Waals surface area contributed by atoms with E-state index < -0.39 is 11.9 Å². The zero-order chi connectivity index (χ0) is 18.6. The number of carboxylic acid groups (broad SMARTS) is 1. The second-order valence-corrected chi connectivity index (χ2v) is 6.75. The first kappa shape index (κ1) is 19.1. The average molecular weight is 349 g/mol. The first-order valence-corrected chi connectivity index (χ1v) is 8.61. The van der Waals surface area contributed by atoms with Crippen LogP contribution < -0.4 is 9.47 Å². The van der Waals surface area contributed by atoms with E-state index in [9.17, 15) is 14.7 Å². The largest absolute Gasteiger partial charge is 0.493 e. The number of carbonyl (C=O) groups excluding carboxylic acids is 1. The molecule has 3 atom stereocenters. The Kier molecular flexibility index (Phi) is 6.28. The molecule has 1 saturated heterocycles. The van der Waals surface area contributed by atoms with Crippen LogP contribution in [0.2, 0.25) is 0 Å². The van der Waals surface area contributed by atoms with Gasteiger partial charge in [-0.1, -0.05) is 13.0 Å². The summed E-state index contributed by atoms with van der Waals surface area (Å²) in [6.07, 6.45) is 1.93. The lowest BCUT2D eigenvalue weighted by Crippen LogP contribution is -2.49. The lowest BCUT2D eigenvalue weighted by Gasteiger charge is -2.38. The van der Waals surface area contributed by atoms with Crippen LogP contribution in [-0.2, 0) is 16.0 Å². The number of nitrogens with zero attached hydrogens (tertiary/aromatic N) is 1. The molecule has 6 heteroatoms. The van der Waals surface area contributed by atoms with Crippen LogP contribution in [0, 0.1) is 11.8 Å². The SMILES string of the molecule is COc1ccc(CC(C)C(=O)N2CC(C(=O)O)CCC2C)cc1OC. The third-order valence-electron chi connectivity index (χ3n) is 4.93. The van der Waals surface area contributed by atoms with Crippen molar-refractivity contribution in [3.05, 3.63) is 23.8 Å². The van der Waals surface area contributed by atoms with Crippen molar-refractivity contribution in [2.75, 3.05) is 20.8 Å². The molecule has 1 aliphatic rings. The molecule has 0 aromatic heterocycles. The lowest BCUT2D eigenvalue weighted by molar-refractivity contribution is -0.148. The first-order valence-electron chi connectivity index (χ1n) is 8.61. The predicted octanol–water partition coefficient (Wildman–Crippen LogP) is 2.59. The molecule has 1 aliphatic heterocycles. The maximum atomic E-state index is 12.8. The summed E-state index contributed by atoms with van der Waals surface area (Å²) >= 11 is 0. The van der Waals surface area contributed by atoms with Gasteiger partial charge in [0.2, 0.25) is 5.91 Å². The van der Waals surface area contributed by atoms with Crippen LogP contribution in [0.4, 0.5) is 0 Å². The summed E-state index contributed by atoms with van der Waals surface area (Å²) in [7, 11) is 3.16. The molecule has 1 aromatic rings. The zero-order valence-electron chi connectivity index (χ0n) is 15.3. The minimum atomic E-state index is -0.822. The molecular weight excluding hydrogens is 322 g/mol. The average Bonchev–Trinajstić information content (AvgIpc) is 2.61. The Labute approximate surface area is 148 Å². The molecule has 0 aliphatic carbocycles. The second-order valence-electron chi connectivity index (χ2n) is 6.75. The van der Waals surface area contributed by atoms with Gasteiger partial charge >= 0.3 is 5.97 Å². The van der Waals surface area contributed by atoms with Crippen molar-refractivity contribution in [2.24, 2.45) is 11.8 Å². The van der Waals surface area contributed by atoms with Crippen molar-refractivity contribution in [2.45, 2.75) is 39.2 Å². The van der Waals surface area contributed by atoms with Crippen LogP contribution in [-0.4, -0.2) is 48.7 Å². The number of rotatable bonds is 6. The van der Waals surface area contributed by atoms with E-state index >= 15 is 0 Å². The first-order chi connectivity index (χ1) is 11.9. The van der Waals surface area contributed by atoms with E-state index in [2.05, 4.69) is 0 Å². The van der Waals surface area contributed by atoms with Gasteiger partial charge in [0, 0.05) is 18.5 Å². The van der Waals surface area contributed by atoms with Gasteiger partial charge in [0.1, 0.15) is 0 Å². The van der Waals surface area contributed by atoms with Crippen LogP contribution in [0.15, 0.2) is 18.2 Å². The van der Waals surface area contributed by atoms with Gasteiger partial charge in [-0.3, -0.25) is 9.59 Å². The maximum absolute atomic E-state index is 12.8. The number of hydrogen-bond donors (Lipinski definition) is 1. The Bertz CT molecular complexity index is 630. The van der Waals surface area contributed by atoms with Crippen LogP contribution >= 0.6 is 0 Å². The summed E-state index contributed by atoms with van der Waals surface area (Å²) in [6, 6.07) is 5.71. The van der Waals surface area contributed by atoms with E-state index in [1.807, 2.05) is 32.0 Å². The quantitative estimate of drug-likeness (QED) is 0.854. The number of aliphatic carboxylic acids is 1. The van der Waals surface area contributed by atoms with E-state index in [1.165, 1.54) is 0 Å². The van der Waals surface area contributed by atoms with Crippen molar-refractivity contribution in [3.63, 3.8) is 0 Å².